The second kappa shape index (κ2) is 5.92. The Kier molecular flexibility index (Phi) is 4.43. The number of carboxylic acid groups (broad SMARTS) is 1. The van der Waals surface area contributed by atoms with Crippen molar-refractivity contribution in [1.29, 1.82) is 0 Å². The molecule has 0 saturated carbocycles. The summed E-state index contributed by atoms with van der Waals surface area (Å²) < 4.78 is 0. The maximum Gasteiger partial charge on any atom is 0.354 e. The van der Waals surface area contributed by atoms with Crippen LogP contribution >= 0.6 is 0 Å². The second-order valence-corrected chi connectivity index (χ2v) is 6.77. The van der Waals surface area contributed by atoms with Crippen molar-refractivity contribution in [3.05, 3.63) is 29.6 Å². The zero-order valence-electron chi connectivity index (χ0n) is 12.6. The van der Waals surface area contributed by atoms with Gasteiger partial charge in [-0.2, -0.15) is 0 Å². The lowest BCUT2D eigenvalue weighted by atomic mass is 9.75. The molecule has 2 heterocycles. The van der Waals surface area contributed by atoms with Crippen LogP contribution in [0, 0.1) is 11.3 Å². The van der Waals surface area contributed by atoms with Gasteiger partial charge in [-0.25, -0.2) is 9.78 Å². The predicted molar refractivity (Wildman–Crippen MR) is 78.7 cm³/mol. The van der Waals surface area contributed by atoms with Gasteiger partial charge in [0.15, 0.2) is 0 Å². The van der Waals surface area contributed by atoms with Gasteiger partial charge < -0.3 is 5.11 Å². The first kappa shape index (κ1) is 15.0. The molecule has 1 aliphatic rings. The van der Waals surface area contributed by atoms with Crippen molar-refractivity contribution in [2.75, 3.05) is 13.1 Å². The number of hydrogen-bond acceptors (Lipinski definition) is 3. The highest BCUT2D eigenvalue weighted by molar-refractivity contribution is 5.85. The molecule has 0 amide bonds. The van der Waals surface area contributed by atoms with Gasteiger partial charge in [-0.3, -0.25) is 4.90 Å². The lowest BCUT2D eigenvalue weighted by molar-refractivity contribution is 0.0690. The standard InChI is InChI=1S/C16H24N2O2/c1-16(2,3)13-5-8-18(9-6-13)11-12-4-7-17-14(10-12)15(19)20/h4,7,10,13H,5-6,8-9,11H2,1-3H3,(H,19,20). The largest absolute Gasteiger partial charge is 0.477 e. The monoisotopic (exact) mass is 276 g/mol. The second-order valence-electron chi connectivity index (χ2n) is 6.77. The Hall–Kier alpha value is -1.42. The molecule has 0 radical (unpaired) electrons. The molecule has 20 heavy (non-hydrogen) atoms. The quantitative estimate of drug-likeness (QED) is 0.922. The molecule has 0 unspecified atom stereocenters. The Morgan fingerprint density at radius 2 is 2.05 bits per heavy atom. The van der Waals surface area contributed by atoms with E-state index in [9.17, 15) is 4.79 Å². The molecule has 0 atom stereocenters. The maximum absolute atomic E-state index is 10.9. The number of aromatic nitrogens is 1. The van der Waals surface area contributed by atoms with E-state index in [4.69, 9.17) is 5.11 Å². The summed E-state index contributed by atoms with van der Waals surface area (Å²) in [5.41, 5.74) is 1.55. The van der Waals surface area contributed by atoms with Crippen molar-refractivity contribution in [2.45, 2.75) is 40.2 Å². The third-order valence-corrected chi connectivity index (χ3v) is 4.26. The number of aromatic carboxylic acids is 1. The van der Waals surface area contributed by atoms with Crippen molar-refractivity contribution in [1.82, 2.24) is 9.88 Å². The Morgan fingerprint density at radius 3 is 2.60 bits per heavy atom. The molecule has 1 saturated heterocycles. The molecule has 0 bridgehead atoms. The van der Waals surface area contributed by atoms with Gasteiger partial charge in [-0.05, 0) is 55.0 Å². The molecule has 4 heteroatoms. The first-order valence-corrected chi connectivity index (χ1v) is 7.27. The van der Waals surface area contributed by atoms with Gasteiger partial charge in [-0.1, -0.05) is 20.8 Å². The highest BCUT2D eigenvalue weighted by Gasteiger charge is 2.28. The zero-order valence-corrected chi connectivity index (χ0v) is 12.6. The summed E-state index contributed by atoms with van der Waals surface area (Å²) in [6.07, 6.45) is 4.03. The van der Waals surface area contributed by atoms with Crippen LogP contribution in [0.15, 0.2) is 18.3 Å². The summed E-state index contributed by atoms with van der Waals surface area (Å²) >= 11 is 0. The van der Waals surface area contributed by atoms with Crippen LogP contribution in [0.3, 0.4) is 0 Å². The Balaban J connectivity index is 1.93. The molecule has 4 nitrogen and oxygen atoms in total. The lowest BCUT2D eigenvalue weighted by Gasteiger charge is -2.38. The van der Waals surface area contributed by atoms with Crippen LogP contribution in [-0.2, 0) is 6.54 Å². The van der Waals surface area contributed by atoms with Gasteiger partial charge in [0.05, 0.1) is 0 Å². The van der Waals surface area contributed by atoms with Crippen LogP contribution < -0.4 is 0 Å². The SMILES string of the molecule is CC(C)(C)C1CCN(Cc2ccnc(C(=O)O)c2)CC1. The summed E-state index contributed by atoms with van der Waals surface area (Å²) in [5.74, 6) is -0.177. The summed E-state index contributed by atoms with van der Waals surface area (Å²) in [7, 11) is 0. The van der Waals surface area contributed by atoms with E-state index in [0.29, 0.717) is 5.41 Å². The molecule has 1 aromatic rings. The average molecular weight is 276 g/mol. The molecular weight excluding hydrogens is 252 g/mol. The van der Waals surface area contributed by atoms with E-state index in [1.54, 1.807) is 12.3 Å². The van der Waals surface area contributed by atoms with E-state index in [1.807, 2.05) is 6.07 Å². The fourth-order valence-corrected chi connectivity index (χ4v) is 2.90. The molecule has 1 aromatic heterocycles. The molecule has 2 rings (SSSR count). The molecule has 0 spiro atoms. The maximum atomic E-state index is 10.9. The predicted octanol–water partition coefficient (Wildman–Crippen LogP) is 3.04. The van der Waals surface area contributed by atoms with Crippen LogP contribution in [0.2, 0.25) is 0 Å². The summed E-state index contributed by atoms with van der Waals surface area (Å²) in [4.78, 5) is 17.2. The van der Waals surface area contributed by atoms with E-state index in [-0.39, 0.29) is 5.69 Å². The fraction of sp³-hybridized carbons (Fsp3) is 0.625. The minimum absolute atomic E-state index is 0.132. The van der Waals surface area contributed by atoms with Crippen molar-refractivity contribution < 1.29 is 9.90 Å². The van der Waals surface area contributed by atoms with Gasteiger partial charge in [0.2, 0.25) is 0 Å². The van der Waals surface area contributed by atoms with Crippen LogP contribution in [0.25, 0.3) is 0 Å². The van der Waals surface area contributed by atoms with Crippen LogP contribution in [0.1, 0.15) is 49.7 Å². The molecule has 110 valence electrons. The molecule has 0 aromatic carbocycles. The van der Waals surface area contributed by atoms with Crippen LogP contribution in [0.4, 0.5) is 0 Å². The van der Waals surface area contributed by atoms with Gasteiger partial charge in [-0.15, -0.1) is 0 Å². The van der Waals surface area contributed by atoms with Gasteiger partial charge >= 0.3 is 5.97 Å². The number of rotatable bonds is 3. The number of likely N-dealkylation sites (tertiary alicyclic amines) is 1. The fourth-order valence-electron chi connectivity index (χ4n) is 2.90. The van der Waals surface area contributed by atoms with E-state index in [1.165, 1.54) is 12.8 Å². The average Bonchev–Trinajstić information content (AvgIpc) is 2.38. The third kappa shape index (κ3) is 3.79. The van der Waals surface area contributed by atoms with Crippen molar-refractivity contribution in [3.63, 3.8) is 0 Å². The highest BCUT2D eigenvalue weighted by Crippen LogP contribution is 2.34. The summed E-state index contributed by atoms with van der Waals surface area (Å²) in [6, 6.07) is 3.58. The molecular formula is C16H24N2O2. The summed E-state index contributed by atoms with van der Waals surface area (Å²) in [5, 5.41) is 8.96. The zero-order chi connectivity index (χ0) is 14.8. The topological polar surface area (TPSA) is 53.4 Å². The number of piperidine rings is 1. The highest BCUT2D eigenvalue weighted by atomic mass is 16.4. The molecule has 1 fully saturated rings. The van der Waals surface area contributed by atoms with Crippen molar-refractivity contribution in [2.24, 2.45) is 11.3 Å². The third-order valence-electron chi connectivity index (χ3n) is 4.26. The smallest absolute Gasteiger partial charge is 0.354 e. The molecule has 1 aliphatic heterocycles. The first-order chi connectivity index (χ1) is 9.36. The van der Waals surface area contributed by atoms with E-state index < -0.39 is 5.97 Å². The Morgan fingerprint density at radius 1 is 1.40 bits per heavy atom. The van der Waals surface area contributed by atoms with Crippen LogP contribution in [0.5, 0.6) is 0 Å². The number of carbonyl (C=O) groups is 1. The number of hydrogen-bond donors (Lipinski definition) is 1. The van der Waals surface area contributed by atoms with Crippen LogP contribution in [-0.4, -0.2) is 34.0 Å². The van der Waals surface area contributed by atoms with E-state index >= 15 is 0 Å². The number of pyridine rings is 1. The van der Waals surface area contributed by atoms with E-state index in [2.05, 4.69) is 30.7 Å². The minimum atomic E-state index is -0.960. The molecule has 1 N–H and O–H groups in total. The van der Waals surface area contributed by atoms with E-state index in [0.717, 1.165) is 31.1 Å². The number of nitrogens with zero attached hydrogens (tertiary/aromatic N) is 2. The normalized spacial score (nSPS) is 18.1. The Bertz CT molecular complexity index is 472. The van der Waals surface area contributed by atoms with Crippen molar-refractivity contribution >= 4 is 5.97 Å². The molecule has 0 aliphatic carbocycles. The first-order valence-electron chi connectivity index (χ1n) is 7.27. The summed E-state index contributed by atoms with van der Waals surface area (Å²) in [6.45, 7) is 9.94. The van der Waals surface area contributed by atoms with Gasteiger partial charge in [0.25, 0.3) is 0 Å². The van der Waals surface area contributed by atoms with Gasteiger partial charge in [0.1, 0.15) is 5.69 Å². The Labute approximate surface area is 120 Å². The lowest BCUT2D eigenvalue weighted by Crippen LogP contribution is -2.37. The van der Waals surface area contributed by atoms with Crippen molar-refractivity contribution in [3.8, 4) is 0 Å². The number of carboxylic acids is 1. The minimum Gasteiger partial charge on any atom is -0.477 e. The van der Waals surface area contributed by atoms with Gasteiger partial charge in [0, 0.05) is 12.7 Å².